The van der Waals surface area contributed by atoms with Crippen LogP contribution in [0.5, 0.6) is 11.5 Å². The average Bonchev–Trinajstić information content (AvgIpc) is 4.05. The largest absolute Gasteiger partial charge is 0.497 e. The zero-order valence-electron chi connectivity index (χ0n) is 40.6. The summed E-state index contributed by atoms with van der Waals surface area (Å²) in [6.07, 6.45) is 5.06. The molecule has 0 amide bonds. The smallest absolute Gasteiger partial charge is 0.330 e. The first-order chi connectivity index (χ1) is 32.6. The lowest BCUT2D eigenvalue weighted by molar-refractivity contribution is -0.180. The van der Waals surface area contributed by atoms with E-state index in [0.29, 0.717) is 36.6 Å². The predicted molar refractivity (Wildman–Crippen MR) is 257 cm³/mol. The number of benzene rings is 3. The molecule has 0 spiro atoms. The summed E-state index contributed by atoms with van der Waals surface area (Å²) in [4.78, 5) is 44.7. The summed E-state index contributed by atoms with van der Waals surface area (Å²) < 4.78 is 49.4. The molecule has 4 aliphatic rings. The zero-order chi connectivity index (χ0) is 48.4. The number of likely N-dealkylation sites (tertiary alicyclic amines) is 1. The van der Waals surface area contributed by atoms with Crippen molar-refractivity contribution >= 4 is 14.5 Å². The number of aromatic amines is 1. The van der Waals surface area contributed by atoms with E-state index in [1.54, 1.807) is 27.3 Å². The highest BCUT2D eigenvalue weighted by Crippen LogP contribution is 2.65. The van der Waals surface area contributed by atoms with Crippen LogP contribution in [0.2, 0.25) is 0 Å². The number of carbonyl (C=O) groups is 1. The average molecular weight is 952 g/mol. The first-order valence-corrected chi connectivity index (χ1v) is 24.8. The van der Waals surface area contributed by atoms with Crippen LogP contribution in [0, 0.1) is 29.1 Å². The molecule has 3 heterocycles. The molecule has 3 aromatic carbocycles. The number of rotatable bonds is 21. The molecule has 4 aromatic rings. The number of aromatic nitrogens is 2. The van der Waals surface area contributed by atoms with Crippen LogP contribution in [0.4, 0.5) is 0 Å². The molecule has 5 atom stereocenters. The Morgan fingerprint density at radius 2 is 1.49 bits per heavy atom. The van der Waals surface area contributed by atoms with Crippen LogP contribution in [0.15, 0.2) is 94.6 Å². The fourth-order valence-corrected chi connectivity index (χ4v) is 13.5. The summed E-state index contributed by atoms with van der Waals surface area (Å²) >= 11 is 0. The number of carbonyl (C=O) groups excluding carboxylic acids is 1. The Balaban J connectivity index is 1.30. The van der Waals surface area contributed by atoms with E-state index < -0.39 is 49.4 Å². The molecular formula is C52H66N5O10P. The van der Waals surface area contributed by atoms with Crippen molar-refractivity contribution in [1.82, 2.24) is 19.1 Å². The number of aryl methyl sites for hydroxylation is 1. The number of fused-ring (bicyclic) bond motifs is 4. The SMILES string of the molecule is COC(=O)CC12CCC(CN3C[C@]4(COC(c5ccccc5)(c5ccc(OC)cc5)c5ccc(OC)cc5)O[C@@H](n5cc(C)c(=O)[nH]c5=O)C3C4OP(OCCC#N)N(C(C)C)C(C)C)(CC1)C2. The molecule has 0 radical (unpaired) electrons. The number of morpholine rings is 1. The highest BCUT2D eigenvalue weighted by molar-refractivity contribution is 7.44. The second-order valence-corrected chi connectivity index (χ2v) is 21.1. The third-order valence-corrected chi connectivity index (χ3v) is 16.9. The minimum atomic E-state index is -1.83. The standard InChI is InChI=1S/C52H66N5O10P/c1-35(2)57(36(3)4)68(65-28-12-27-53)67-45-44-47(56-30-37(5)46(59)54-48(56)60)66-51(45,33-55(44)32-50-25-23-49(31-50,24-26-50)29-43(58)63-8)34-64-52(38-13-10-9-11-14-38,39-15-19-41(61-6)20-16-39)40-17-21-42(62-7)22-18-40/h9-11,13-22,30,35-36,44-45,47H,12,23-26,28-29,31-34H2,1-8H3,(H,54,59,60)/t44?,45?,47-,49?,50?,51-,68?/m1/s1. The van der Waals surface area contributed by atoms with Crippen molar-refractivity contribution in [3.8, 4) is 17.6 Å². The third-order valence-electron chi connectivity index (χ3n) is 14.8. The van der Waals surface area contributed by atoms with Crippen LogP contribution < -0.4 is 20.7 Å². The monoisotopic (exact) mass is 951 g/mol. The summed E-state index contributed by atoms with van der Waals surface area (Å²) in [5.41, 5.74) is -0.890. The second kappa shape index (κ2) is 20.2. The Bertz CT molecular complexity index is 2480. The van der Waals surface area contributed by atoms with E-state index in [4.69, 9.17) is 32.7 Å². The molecule has 364 valence electrons. The van der Waals surface area contributed by atoms with E-state index >= 15 is 0 Å². The summed E-state index contributed by atoms with van der Waals surface area (Å²) in [7, 11) is 2.90. The lowest BCUT2D eigenvalue weighted by Gasteiger charge is -2.43. The first-order valence-electron chi connectivity index (χ1n) is 23.7. The molecule has 16 heteroatoms. The van der Waals surface area contributed by atoms with Gasteiger partial charge in [-0.3, -0.25) is 24.0 Å². The minimum absolute atomic E-state index is 0.00131. The van der Waals surface area contributed by atoms with Gasteiger partial charge >= 0.3 is 11.7 Å². The van der Waals surface area contributed by atoms with Gasteiger partial charge in [-0.15, -0.1) is 0 Å². The number of hydrogen-bond donors (Lipinski definition) is 1. The summed E-state index contributed by atoms with van der Waals surface area (Å²) in [5.74, 6) is 1.19. The van der Waals surface area contributed by atoms with Crippen molar-refractivity contribution in [3.63, 3.8) is 0 Å². The molecule has 1 N–H and O–H groups in total. The molecular weight excluding hydrogens is 886 g/mol. The number of hydrogen-bond acceptors (Lipinski definition) is 13. The van der Waals surface area contributed by atoms with Gasteiger partial charge in [0.05, 0.1) is 59.5 Å². The summed E-state index contributed by atoms with van der Waals surface area (Å²) in [6, 6.07) is 27.5. The van der Waals surface area contributed by atoms with E-state index in [9.17, 15) is 19.6 Å². The summed E-state index contributed by atoms with van der Waals surface area (Å²) in [5, 5.41) is 9.66. The van der Waals surface area contributed by atoms with Gasteiger partial charge in [-0.05, 0) is 119 Å². The van der Waals surface area contributed by atoms with Gasteiger partial charge in [0.2, 0.25) is 0 Å². The van der Waals surface area contributed by atoms with Crippen molar-refractivity contribution in [2.45, 2.75) is 121 Å². The van der Waals surface area contributed by atoms with E-state index in [1.165, 1.54) is 11.7 Å². The lowest BCUT2D eigenvalue weighted by Crippen LogP contribution is -2.53. The first kappa shape index (κ1) is 49.5. The van der Waals surface area contributed by atoms with Gasteiger partial charge < -0.3 is 32.7 Å². The van der Waals surface area contributed by atoms with E-state index in [1.807, 2.05) is 66.7 Å². The Labute approximate surface area is 400 Å². The Hall–Kier alpha value is -4.91. The molecule has 2 aliphatic carbocycles. The fraction of sp³-hybridized carbons (Fsp3) is 0.538. The van der Waals surface area contributed by atoms with Crippen LogP contribution in [-0.4, -0.2) is 103 Å². The lowest BCUT2D eigenvalue weighted by atomic mass is 9.79. The summed E-state index contributed by atoms with van der Waals surface area (Å²) in [6.45, 7) is 11.2. The third kappa shape index (κ3) is 9.41. The Morgan fingerprint density at radius 3 is 2.04 bits per heavy atom. The maximum Gasteiger partial charge on any atom is 0.330 e. The zero-order valence-corrected chi connectivity index (χ0v) is 41.5. The molecule has 8 rings (SSSR count). The van der Waals surface area contributed by atoms with Crippen LogP contribution in [0.1, 0.15) is 101 Å². The number of ether oxygens (including phenoxy) is 5. The number of nitriles is 1. The highest BCUT2D eigenvalue weighted by Gasteiger charge is 2.68. The molecule has 3 unspecified atom stereocenters. The molecule has 2 saturated carbocycles. The normalized spacial score (nSPS) is 25.9. The van der Waals surface area contributed by atoms with Crippen LogP contribution in [0.25, 0.3) is 0 Å². The quantitative estimate of drug-likeness (QED) is 0.0370. The Morgan fingerprint density at radius 1 is 0.897 bits per heavy atom. The molecule has 15 nitrogen and oxygen atoms in total. The number of H-pyrrole nitrogens is 1. The molecule has 4 bridgehead atoms. The predicted octanol–water partition coefficient (Wildman–Crippen LogP) is 8.00. The highest BCUT2D eigenvalue weighted by atomic mass is 31.2. The molecule has 4 fully saturated rings. The van der Waals surface area contributed by atoms with Crippen LogP contribution >= 0.6 is 8.53 Å². The van der Waals surface area contributed by atoms with Gasteiger partial charge in [-0.2, -0.15) is 5.26 Å². The number of nitrogens with zero attached hydrogens (tertiary/aromatic N) is 4. The van der Waals surface area contributed by atoms with Gasteiger partial charge in [0, 0.05) is 36.9 Å². The number of esters is 1. The molecule has 2 saturated heterocycles. The van der Waals surface area contributed by atoms with Crippen molar-refractivity contribution in [3.05, 3.63) is 128 Å². The van der Waals surface area contributed by atoms with E-state index in [0.717, 1.165) is 48.8 Å². The van der Waals surface area contributed by atoms with Crippen molar-refractivity contribution in [1.29, 1.82) is 5.26 Å². The Kier molecular flexibility index (Phi) is 14.7. The van der Waals surface area contributed by atoms with E-state index in [-0.39, 0.29) is 48.5 Å². The van der Waals surface area contributed by atoms with E-state index in [2.05, 4.69) is 60.5 Å². The van der Waals surface area contributed by atoms with Crippen molar-refractivity contribution < 1.29 is 37.5 Å². The second-order valence-electron chi connectivity index (χ2n) is 19.7. The van der Waals surface area contributed by atoms with Crippen LogP contribution in [0.3, 0.4) is 0 Å². The van der Waals surface area contributed by atoms with Gasteiger partial charge in [-0.25, -0.2) is 9.46 Å². The fourth-order valence-electron chi connectivity index (χ4n) is 11.7. The maximum atomic E-state index is 14.1. The molecule has 1 aromatic heterocycles. The number of nitrogens with one attached hydrogen (secondary N) is 1. The van der Waals surface area contributed by atoms with Gasteiger partial charge in [0.1, 0.15) is 28.8 Å². The maximum absolute atomic E-state index is 14.1. The minimum Gasteiger partial charge on any atom is -0.497 e. The molecule has 2 aliphatic heterocycles. The van der Waals surface area contributed by atoms with Gasteiger partial charge in [0.25, 0.3) is 14.1 Å². The topological polar surface area (TPSA) is 167 Å². The van der Waals surface area contributed by atoms with Gasteiger partial charge in [-0.1, -0.05) is 54.6 Å². The number of methoxy groups -OCH3 is 3. The van der Waals surface area contributed by atoms with Gasteiger partial charge in [0.15, 0.2) is 6.23 Å². The molecule has 68 heavy (non-hydrogen) atoms. The van der Waals surface area contributed by atoms with Crippen molar-refractivity contribution in [2.75, 3.05) is 47.6 Å². The van der Waals surface area contributed by atoms with Crippen molar-refractivity contribution in [2.24, 2.45) is 10.8 Å². The van der Waals surface area contributed by atoms with Crippen LogP contribution in [-0.2, 0) is 33.7 Å².